The Balaban J connectivity index is 1.49. The lowest BCUT2D eigenvalue weighted by molar-refractivity contribution is -0.128. The zero-order chi connectivity index (χ0) is 17.9. The van der Waals surface area contributed by atoms with Crippen molar-refractivity contribution in [2.24, 2.45) is 0 Å². The number of aromatic nitrogens is 2. The van der Waals surface area contributed by atoms with Gasteiger partial charge in [-0.05, 0) is 17.7 Å². The van der Waals surface area contributed by atoms with E-state index >= 15 is 0 Å². The minimum Gasteiger partial charge on any atom is -0.497 e. The standard InChI is InChI=1S/C20H19N3O3/c1-25-17-9-5-8-15(10-17)19-21-20(26-22-19)16-11-18(24)23(13-16)12-14-6-3-2-4-7-14/h2-10,16H,11-13H2,1H3. The summed E-state index contributed by atoms with van der Waals surface area (Å²) in [7, 11) is 1.62. The van der Waals surface area contributed by atoms with Gasteiger partial charge in [-0.25, -0.2) is 0 Å². The van der Waals surface area contributed by atoms with E-state index in [9.17, 15) is 4.79 Å². The summed E-state index contributed by atoms with van der Waals surface area (Å²) < 4.78 is 10.7. The lowest BCUT2D eigenvalue weighted by Crippen LogP contribution is -2.24. The summed E-state index contributed by atoms with van der Waals surface area (Å²) in [6.07, 6.45) is 0.395. The summed E-state index contributed by atoms with van der Waals surface area (Å²) in [4.78, 5) is 18.7. The third-order valence-electron chi connectivity index (χ3n) is 4.55. The van der Waals surface area contributed by atoms with E-state index in [1.807, 2.05) is 59.5 Å². The van der Waals surface area contributed by atoms with Gasteiger partial charge < -0.3 is 14.2 Å². The maximum Gasteiger partial charge on any atom is 0.232 e. The van der Waals surface area contributed by atoms with Crippen molar-refractivity contribution in [2.45, 2.75) is 18.9 Å². The first-order valence-electron chi connectivity index (χ1n) is 8.52. The van der Waals surface area contributed by atoms with Crippen molar-refractivity contribution in [3.8, 4) is 17.1 Å². The van der Waals surface area contributed by atoms with E-state index in [-0.39, 0.29) is 11.8 Å². The van der Waals surface area contributed by atoms with E-state index in [2.05, 4.69) is 10.1 Å². The van der Waals surface area contributed by atoms with Crippen LogP contribution in [0.5, 0.6) is 5.75 Å². The molecule has 4 rings (SSSR count). The molecule has 0 radical (unpaired) electrons. The normalized spacial score (nSPS) is 16.9. The van der Waals surface area contributed by atoms with Crippen LogP contribution in [0.1, 0.15) is 23.8 Å². The van der Waals surface area contributed by atoms with E-state index in [0.29, 0.717) is 31.2 Å². The molecule has 1 unspecified atom stereocenters. The van der Waals surface area contributed by atoms with Crippen LogP contribution in [-0.2, 0) is 11.3 Å². The third-order valence-corrected chi connectivity index (χ3v) is 4.55. The van der Waals surface area contributed by atoms with E-state index in [1.54, 1.807) is 7.11 Å². The van der Waals surface area contributed by atoms with Crippen molar-refractivity contribution < 1.29 is 14.1 Å². The van der Waals surface area contributed by atoms with Gasteiger partial charge in [-0.2, -0.15) is 4.98 Å². The van der Waals surface area contributed by atoms with Crippen molar-refractivity contribution in [3.63, 3.8) is 0 Å². The van der Waals surface area contributed by atoms with Gasteiger partial charge in [0.15, 0.2) is 0 Å². The van der Waals surface area contributed by atoms with Gasteiger partial charge in [-0.1, -0.05) is 47.6 Å². The molecule has 1 amide bonds. The highest BCUT2D eigenvalue weighted by Gasteiger charge is 2.34. The third kappa shape index (κ3) is 3.31. The predicted molar refractivity (Wildman–Crippen MR) is 95.5 cm³/mol. The Labute approximate surface area is 151 Å². The summed E-state index contributed by atoms with van der Waals surface area (Å²) in [6, 6.07) is 17.5. The molecule has 26 heavy (non-hydrogen) atoms. The molecule has 1 atom stereocenters. The Kier molecular flexibility index (Phi) is 4.39. The van der Waals surface area contributed by atoms with Crippen LogP contribution in [0.15, 0.2) is 59.1 Å². The molecule has 1 aromatic heterocycles. The molecule has 2 aromatic carbocycles. The molecular weight excluding hydrogens is 330 g/mol. The summed E-state index contributed by atoms with van der Waals surface area (Å²) in [5.74, 6) is 1.79. The lowest BCUT2D eigenvalue weighted by atomic mass is 10.1. The monoisotopic (exact) mass is 349 g/mol. The Morgan fingerprint density at radius 3 is 2.85 bits per heavy atom. The molecule has 0 bridgehead atoms. The molecule has 1 saturated heterocycles. The molecule has 2 heterocycles. The fraction of sp³-hybridized carbons (Fsp3) is 0.250. The largest absolute Gasteiger partial charge is 0.497 e. The molecule has 6 nitrogen and oxygen atoms in total. The second-order valence-electron chi connectivity index (χ2n) is 6.35. The highest BCUT2D eigenvalue weighted by Crippen LogP contribution is 2.30. The average molecular weight is 349 g/mol. The van der Waals surface area contributed by atoms with E-state index in [0.717, 1.165) is 16.9 Å². The van der Waals surface area contributed by atoms with Crippen LogP contribution in [-0.4, -0.2) is 34.6 Å². The van der Waals surface area contributed by atoms with Gasteiger partial charge in [0, 0.05) is 25.1 Å². The highest BCUT2D eigenvalue weighted by molar-refractivity contribution is 5.79. The topological polar surface area (TPSA) is 68.5 Å². The minimum atomic E-state index is -0.0712. The molecule has 1 aliphatic rings. The second-order valence-corrected chi connectivity index (χ2v) is 6.35. The van der Waals surface area contributed by atoms with E-state index < -0.39 is 0 Å². The number of amides is 1. The zero-order valence-electron chi connectivity index (χ0n) is 14.5. The highest BCUT2D eigenvalue weighted by atomic mass is 16.5. The average Bonchev–Trinajstić information content (AvgIpc) is 3.30. The smallest absolute Gasteiger partial charge is 0.232 e. The van der Waals surface area contributed by atoms with E-state index in [1.165, 1.54) is 0 Å². The Bertz CT molecular complexity index is 907. The van der Waals surface area contributed by atoms with Gasteiger partial charge in [0.2, 0.25) is 17.6 Å². The van der Waals surface area contributed by atoms with Crippen molar-refractivity contribution in [2.75, 3.05) is 13.7 Å². The van der Waals surface area contributed by atoms with Crippen molar-refractivity contribution in [1.29, 1.82) is 0 Å². The first kappa shape index (κ1) is 16.3. The van der Waals surface area contributed by atoms with Gasteiger partial charge in [0.1, 0.15) is 5.75 Å². The number of nitrogens with zero attached hydrogens (tertiary/aromatic N) is 3. The van der Waals surface area contributed by atoms with Crippen molar-refractivity contribution >= 4 is 5.91 Å². The fourth-order valence-electron chi connectivity index (χ4n) is 3.17. The molecular formula is C20H19N3O3. The molecule has 132 valence electrons. The van der Waals surface area contributed by atoms with E-state index in [4.69, 9.17) is 9.26 Å². The van der Waals surface area contributed by atoms with Crippen LogP contribution in [0.4, 0.5) is 0 Å². The predicted octanol–water partition coefficient (Wildman–Crippen LogP) is 3.26. The molecule has 0 spiro atoms. The van der Waals surface area contributed by atoms with Crippen LogP contribution in [0.2, 0.25) is 0 Å². The van der Waals surface area contributed by atoms with Gasteiger partial charge in [0.25, 0.3) is 0 Å². The first-order valence-corrected chi connectivity index (χ1v) is 8.52. The number of benzene rings is 2. The van der Waals surface area contributed by atoms with Crippen LogP contribution >= 0.6 is 0 Å². The molecule has 6 heteroatoms. The van der Waals surface area contributed by atoms with Crippen molar-refractivity contribution in [3.05, 3.63) is 66.1 Å². The second kappa shape index (κ2) is 7.00. The number of carbonyl (C=O) groups excluding carboxylic acids is 1. The molecule has 0 N–H and O–H groups in total. The van der Waals surface area contributed by atoms with Crippen LogP contribution < -0.4 is 4.74 Å². The van der Waals surface area contributed by atoms with Crippen LogP contribution in [0, 0.1) is 0 Å². The number of methoxy groups -OCH3 is 1. The van der Waals surface area contributed by atoms with Gasteiger partial charge >= 0.3 is 0 Å². The fourth-order valence-corrected chi connectivity index (χ4v) is 3.17. The van der Waals surface area contributed by atoms with Gasteiger partial charge in [0.05, 0.1) is 13.0 Å². The minimum absolute atomic E-state index is 0.0712. The van der Waals surface area contributed by atoms with Gasteiger partial charge in [-0.15, -0.1) is 0 Å². The number of carbonyl (C=O) groups is 1. The molecule has 1 fully saturated rings. The number of hydrogen-bond acceptors (Lipinski definition) is 5. The van der Waals surface area contributed by atoms with Gasteiger partial charge in [-0.3, -0.25) is 4.79 Å². The maximum atomic E-state index is 12.3. The summed E-state index contributed by atoms with van der Waals surface area (Å²) in [5.41, 5.74) is 1.94. The maximum absolute atomic E-state index is 12.3. The number of rotatable bonds is 5. The lowest BCUT2D eigenvalue weighted by Gasteiger charge is -2.15. The first-order chi connectivity index (χ1) is 12.7. The zero-order valence-corrected chi connectivity index (χ0v) is 14.5. The Morgan fingerprint density at radius 2 is 2.04 bits per heavy atom. The summed E-state index contributed by atoms with van der Waals surface area (Å²) in [5, 5.41) is 4.07. The Hall–Kier alpha value is -3.15. The molecule has 1 aliphatic heterocycles. The van der Waals surface area contributed by atoms with Crippen LogP contribution in [0.25, 0.3) is 11.4 Å². The number of ether oxygens (including phenoxy) is 1. The Morgan fingerprint density at radius 1 is 1.19 bits per heavy atom. The molecule has 3 aromatic rings. The van der Waals surface area contributed by atoms with Crippen molar-refractivity contribution in [1.82, 2.24) is 15.0 Å². The van der Waals surface area contributed by atoms with Crippen LogP contribution in [0.3, 0.4) is 0 Å². The summed E-state index contributed by atoms with van der Waals surface area (Å²) in [6.45, 7) is 1.19. The SMILES string of the molecule is COc1cccc(-c2noc(C3CC(=O)N(Cc4ccccc4)C3)n2)c1. The summed E-state index contributed by atoms with van der Waals surface area (Å²) >= 11 is 0. The molecule has 0 aliphatic carbocycles. The molecule has 0 saturated carbocycles. The number of hydrogen-bond donors (Lipinski definition) is 0. The quantitative estimate of drug-likeness (QED) is 0.707. The number of likely N-dealkylation sites (tertiary alicyclic amines) is 1.